The quantitative estimate of drug-likeness (QED) is 0.425. The fourth-order valence-electron chi connectivity index (χ4n) is 4.76. The smallest absolute Gasteiger partial charge is 0.0115 e. The Hall–Kier alpha value is -0.720. The molecule has 29 heavy (non-hydrogen) atoms. The standard InChI is InChI=1S/C10H20.C9H15N.C9H18/c1-10(2,3)9-7-5-4-6-8-9;1-7-5-8(6-10-7)9(2,3)4;1-9(2,3)8-6-4-5-7-8/h9H,4-8H2,1-3H3;6,10H,1,5H2,2-4H3;8H,4-7H2,1-3H3. The van der Waals surface area contributed by atoms with Crippen LogP contribution < -0.4 is 5.32 Å². The van der Waals surface area contributed by atoms with E-state index in [1.807, 2.05) is 0 Å². The fraction of sp³-hybridized carbons (Fsp3) is 0.857. The van der Waals surface area contributed by atoms with E-state index >= 15 is 0 Å². The minimum atomic E-state index is 0.298. The molecule has 0 unspecified atom stereocenters. The van der Waals surface area contributed by atoms with Crippen molar-refractivity contribution in [2.45, 2.75) is 127 Å². The molecule has 3 rings (SSSR count). The summed E-state index contributed by atoms with van der Waals surface area (Å²) in [6, 6.07) is 0. The summed E-state index contributed by atoms with van der Waals surface area (Å²) >= 11 is 0. The van der Waals surface area contributed by atoms with Gasteiger partial charge in [0.1, 0.15) is 0 Å². The second-order valence-electron chi connectivity index (χ2n) is 12.9. The molecule has 0 radical (unpaired) electrons. The number of allylic oxidation sites excluding steroid dienone is 1. The minimum absolute atomic E-state index is 0.298. The molecular weight excluding hydrogens is 350 g/mol. The molecular formula is C28H53N. The van der Waals surface area contributed by atoms with Gasteiger partial charge in [0.05, 0.1) is 0 Å². The van der Waals surface area contributed by atoms with Crippen LogP contribution in [0.15, 0.2) is 24.0 Å². The molecule has 0 saturated heterocycles. The highest BCUT2D eigenvalue weighted by atomic mass is 14.9. The molecule has 2 saturated carbocycles. The molecule has 0 aromatic rings. The fourth-order valence-corrected chi connectivity index (χ4v) is 4.76. The van der Waals surface area contributed by atoms with Gasteiger partial charge in [-0.3, -0.25) is 0 Å². The van der Waals surface area contributed by atoms with Gasteiger partial charge in [-0.25, -0.2) is 0 Å². The van der Waals surface area contributed by atoms with Crippen LogP contribution in [0.3, 0.4) is 0 Å². The number of hydrogen-bond donors (Lipinski definition) is 1. The third-order valence-corrected chi connectivity index (χ3v) is 7.23. The van der Waals surface area contributed by atoms with Gasteiger partial charge >= 0.3 is 0 Å². The van der Waals surface area contributed by atoms with Gasteiger partial charge in [0.25, 0.3) is 0 Å². The zero-order valence-electron chi connectivity index (χ0n) is 21.5. The summed E-state index contributed by atoms with van der Waals surface area (Å²) in [4.78, 5) is 0. The summed E-state index contributed by atoms with van der Waals surface area (Å²) in [5, 5.41) is 3.12. The van der Waals surface area contributed by atoms with Crippen molar-refractivity contribution in [3.63, 3.8) is 0 Å². The molecule has 0 aromatic carbocycles. The molecule has 170 valence electrons. The van der Waals surface area contributed by atoms with Crippen molar-refractivity contribution in [2.75, 3.05) is 0 Å². The average Bonchev–Trinajstić information content (AvgIpc) is 3.26. The second-order valence-corrected chi connectivity index (χ2v) is 12.9. The molecule has 1 heterocycles. The first-order chi connectivity index (χ1) is 13.2. The normalized spacial score (nSPS) is 21.6. The lowest BCUT2D eigenvalue weighted by atomic mass is 9.72. The predicted molar refractivity (Wildman–Crippen MR) is 132 cm³/mol. The van der Waals surface area contributed by atoms with Crippen LogP contribution in [0.2, 0.25) is 0 Å². The van der Waals surface area contributed by atoms with Crippen LogP contribution in [0.4, 0.5) is 0 Å². The van der Waals surface area contributed by atoms with Gasteiger partial charge < -0.3 is 5.32 Å². The average molecular weight is 404 g/mol. The Kier molecular flexibility index (Phi) is 10.0. The Balaban J connectivity index is 0.000000218. The monoisotopic (exact) mass is 403 g/mol. The summed E-state index contributed by atoms with van der Waals surface area (Å²) in [7, 11) is 0. The Morgan fingerprint density at radius 2 is 1.07 bits per heavy atom. The maximum atomic E-state index is 3.85. The maximum Gasteiger partial charge on any atom is 0.0115 e. The van der Waals surface area contributed by atoms with Crippen LogP contribution in [-0.4, -0.2) is 0 Å². The van der Waals surface area contributed by atoms with Crippen LogP contribution in [0.1, 0.15) is 127 Å². The minimum Gasteiger partial charge on any atom is -0.365 e. The summed E-state index contributed by atoms with van der Waals surface area (Å²) in [6.45, 7) is 24.7. The van der Waals surface area contributed by atoms with E-state index in [0.717, 1.165) is 24.0 Å². The first kappa shape index (κ1) is 26.3. The molecule has 1 aliphatic heterocycles. The third kappa shape index (κ3) is 10.2. The van der Waals surface area contributed by atoms with E-state index in [-0.39, 0.29) is 0 Å². The predicted octanol–water partition coefficient (Wildman–Crippen LogP) is 9.26. The van der Waals surface area contributed by atoms with Crippen molar-refractivity contribution in [3.05, 3.63) is 24.0 Å². The molecule has 0 bridgehead atoms. The first-order valence-electron chi connectivity index (χ1n) is 12.3. The topological polar surface area (TPSA) is 12.0 Å². The highest BCUT2D eigenvalue weighted by molar-refractivity contribution is 5.24. The van der Waals surface area contributed by atoms with Gasteiger partial charge in [-0.1, -0.05) is 101 Å². The zero-order chi connectivity index (χ0) is 22.3. The Morgan fingerprint density at radius 3 is 1.28 bits per heavy atom. The zero-order valence-corrected chi connectivity index (χ0v) is 21.5. The molecule has 2 fully saturated rings. The molecule has 0 amide bonds. The van der Waals surface area contributed by atoms with E-state index in [0.29, 0.717) is 16.2 Å². The molecule has 0 aromatic heterocycles. The molecule has 1 heteroatoms. The van der Waals surface area contributed by atoms with Crippen molar-refractivity contribution >= 4 is 0 Å². The SMILES string of the molecule is C=C1CC(C(C)(C)C)=CN1.CC(C)(C)C1CCCC1.CC(C)(C)C1CCCCC1. The van der Waals surface area contributed by atoms with Gasteiger partial charge in [0.2, 0.25) is 0 Å². The van der Waals surface area contributed by atoms with Crippen molar-refractivity contribution in [3.8, 4) is 0 Å². The summed E-state index contributed by atoms with van der Waals surface area (Å²) in [5.74, 6) is 2.01. The number of hydrogen-bond acceptors (Lipinski definition) is 1. The van der Waals surface area contributed by atoms with Crippen LogP contribution in [0.5, 0.6) is 0 Å². The summed E-state index contributed by atoms with van der Waals surface area (Å²) in [5.41, 5.74) is 4.01. The molecule has 1 N–H and O–H groups in total. The van der Waals surface area contributed by atoms with Crippen molar-refractivity contribution in [1.82, 2.24) is 5.32 Å². The van der Waals surface area contributed by atoms with Crippen LogP contribution >= 0.6 is 0 Å². The third-order valence-electron chi connectivity index (χ3n) is 7.23. The van der Waals surface area contributed by atoms with Gasteiger partial charge in [-0.2, -0.15) is 0 Å². The molecule has 1 nitrogen and oxygen atoms in total. The van der Waals surface area contributed by atoms with E-state index in [1.165, 1.54) is 63.4 Å². The van der Waals surface area contributed by atoms with Gasteiger partial charge in [0.15, 0.2) is 0 Å². The summed E-state index contributed by atoms with van der Waals surface area (Å²) in [6.07, 6.45) is 16.4. The van der Waals surface area contributed by atoms with E-state index in [1.54, 1.807) is 0 Å². The lowest BCUT2D eigenvalue weighted by Gasteiger charge is -2.33. The van der Waals surface area contributed by atoms with Gasteiger partial charge in [0, 0.05) is 18.3 Å². The van der Waals surface area contributed by atoms with Crippen LogP contribution in [0.25, 0.3) is 0 Å². The van der Waals surface area contributed by atoms with Crippen molar-refractivity contribution < 1.29 is 0 Å². The lowest BCUT2D eigenvalue weighted by molar-refractivity contribution is 0.180. The van der Waals surface area contributed by atoms with Crippen molar-refractivity contribution in [1.29, 1.82) is 0 Å². The Labute approximate surface area is 184 Å². The van der Waals surface area contributed by atoms with Crippen molar-refractivity contribution in [2.24, 2.45) is 28.1 Å². The van der Waals surface area contributed by atoms with E-state index in [4.69, 9.17) is 0 Å². The van der Waals surface area contributed by atoms with E-state index in [2.05, 4.69) is 80.4 Å². The van der Waals surface area contributed by atoms with Gasteiger partial charge in [-0.05, 0) is 59.3 Å². The van der Waals surface area contributed by atoms with Crippen LogP contribution in [-0.2, 0) is 0 Å². The molecule has 2 aliphatic carbocycles. The first-order valence-corrected chi connectivity index (χ1v) is 12.3. The van der Waals surface area contributed by atoms with E-state index < -0.39 is 0 Å². The maximum absolute atomic E-state index is 3.85. The number of nitrogens with one attached hydrogen (secondary N) is 1. The Bertz CT molecular complexity index is 506. The summed E-state index contributed by atoms with van der Waals surface area (Å²) < 4.78 is 0. The lowest BCUT2D eigenvalue weighted by Crippen LogP contribution is -2.22. The van der Waals surface area contributed by atoms with Gasteiger partial charge in [-0.15, -0.1) is 0 Å². The molecule has 0 atom stereocenters. The molecule has 3 aliphatic rings. The highest BCUT2D eigenvalue weighted by Crippen LogP contribution is 2.39. The van der Waals surface area contributed by atoms with E-state index in [9.17, 15) is 0 Å². The molecule has 0 spiro atoms. The second kappa shape index (κ2) is 11.1. The number of rotatable bonds is 0. The van der Waals surface area contributed by atoms with Crippen LogP contribution in [0, 0.1) is 28.1 Å². The Morgan fingerprint density at radius 1 is 0.690 bits per heavy atom. The highest BCUT2D eigenvalue weighted by Gasteiger charge is 2.27. The largest absolute Gasteiger partial charge is 0.365 e.